The average Bonchev–Trinajstić information content (AvgIpc) is 2.29. The summed E-state index contributed by atoms with van der Waals surface area (Å²) in [6.07, 6.45) is 1.99. The van der Waals surface area contributed by atoms with Gasteiger partial charge in [-0.3, -0.25) is 5.43 Å². The fraction of sp³-hybridized carbons (Fsp3) is 0.625. The fourth-order valence-electron chi connectivity index (χ4n) is 0.866. The van der Waals surface area contributed by atoms with Crippen molar-refractivity contribution in [3.05, 3.63) is 0 Å². The zero-order valence-electron chi connectivity index (χ0n) is 8.86. The number of rotatable bonds is 6. The molecule has 0 atom stereocenters. The van der Waals surface area contributed by atoms with E-state index in [9.17, 15) is 0 Å². The maximum absolute atomic E-state index is 5.29. The molecule has 7 heteroatoms. The summed E-state index contributed by atoms with van der Waals surface area (Å²) in [4.78, 5) is 11.7. The van der Waals surface area contributed by atoms with E-state index in [0.29, 0.717) is 6.61 Å². The maximum atomic E-state index is 5.29. The molecule has 0 aliphatic rings. The van der Waals surface area contributed by atoms with Gasteiger partial charge in [0.2, 0.25) is 5.95 Å². The van der Waals surface area contributed by atoms with Crippen molar-refractivity contribution in [2.75, 3.05) is 19.1 Å². The molecule has 0 radical (unpaired) electrons. The molecule has 0 fully saturated rings. The van der Waals surface area contributed by atoms with Crippen LogP contribution in [0.25, 0.3) is 0 Å². The first-order valence-electron chi connectivity index (χ1n) is 4.69. The lowest BCUT2D eigenvalue weighted by molar-refractivity contribution is 0.275. The van der Waals surface area contributed by atoms with Gasteiger partial charge >= 0.3 is 12.0 Å². The molecule has 0 aromatic carbocycles. The Balaban J connectivity index is 2.68. The highest BCUT2D eigenvalue weighted by Crippen LogP contribution is 2.11. The molecule has 0 aliphatic heterocycles. The van der Waals surface area contributed by atoms with E-state index >= 15 is 0 Å². The van der Waals surface area contributed by atoms with Crippen LogP contribution in [0.15, 0.2) is 0 Å². The predicted molar refractivity (Wildman–Crippen MR) is 54.6 cm³/mol. The van der Waals surface area contributed by atoms with E-state index in [-0.39, 0.29) is 18.0 Å². The van der Waals surface area contributed by atoms with Crippen LogP contribution in [0.5, 0.6) is 12.0 Å². The maximum Gasteiger partial charge on any atom is 0.324 e. The van der Waals surface area contributed by atoms with E-state index in [1.807, 2.05) is 0 Å². The summed E-state index contributed by atoms with van der Waals surface area (Å²) in [6.45, 7) is 2.64. The van der Waals surface area contributed by atoms with E-state index in [0.717, 1.165) is 12.8 Å². The summed E-state index contributed by atoms with van der Waals surface area (Å²) < 4.78 is 10.2. The number of nitrogens with zero attached hydrogens (tertiary/aromatic N) is 3. The van der Waals surface area contributed by atoms with Gasteiger partial charge in [0, 0.05) is 0 Å². The van der Waals surface area contributed by atoms with Gasteiger partial charge in [-0.05, 0) is 6.42 Å². The van der Waals surface area contributed by atoms with Crippen molar-refractivity contribution in [1.82, 2.24) is 15.0 Å². The van der Waals surface area contributed by atoms with Crippen molar-refractivity contribution in [1.29, 1.82) is 0 Å². The minimum absolute atomic E-state index is 0.171. The second-order valence-corrected chi connectivity index (χ2v) is 2.77. The van der Waals surface area contributed by atoms with Crippen molar-refractivity contribution >= 4 is 5.95 Å². The second kappa shape index (κ2) is 5.97. The number of nitrogen functional groups attached to an aromatic ring is 1. The van der Waals surface area contributed by atoms with Gasteiger partial charge in [-0.1, -0.05) is 13.3 Å². The molecular formula is C8H15N5O2. The first-order valence-corrected chi connectivity index (χ1v) is 4.69. The highest BCUT2D eigenvalue weighted by atomic mass is 16.5. The molecule has 0 unspecified atom stereocenters. The molecule has 0 bridgehead atoms. The number of aromatic nitrogens is 3. The zero-order valence-corrected chi connectivity index (χ0v) is 8.86. The van der Waals surface area contributed by atoms with E-state index < -0.39 is 0 Å². The number of ether oxygens (including phenoxy) is 2. The van der Waals surface area contributed by atoms with Crippen LogP contribution in [-0.2, 0) is 0 Å². The molecule has 7 nitrogen and oxygen atoms in total. The van der Waals surface area contributed by atoms with Gasteiger partial charge in [-0.15, -0.1) is 4.98 Å². The lowest BCUT2D eigenvalue weighted by Crippen LogP contribution is -2.13. The van der Waals surface area contributed by atoms with Gasteiger partial charge in [0.1, 0.15) is 0 Å². The van der Waals surface area contributed by atoms with E-state index in [4.69, 9.17) is 15.3 Å². The van der Waals surface area contributed by atoms with Crippen LogP contribution >= 0.6 is 0 Å². The zero-order chi connectivity index (χ0) is 11.1. The first-order chi connectivity index (χ1) is 7.30. The highest BCUT2D eigenvalue weighted by molar-refractivity contribution is 5.25. The summed E-state index contributed by atoms with van der Waals surface area (Å²) in [7, 11) is 1.46. The van der Waals surface area contributed by atoms with E-state index in [2.05, 4.69) is 27.3 Å². The summed E-state index contributed by atoms with van der Waals surface area (Å²) in [5, 5.41) is 0. The molecule has 1 rings (SSSR count). The Bertz CT molecular complexity index is 285. The van der Waals surface area contributed by atoms with Gasteiger partial charge in [0.05, 0.1) is 13.7 Å². The molecule has 1 aromatic heterocycles. The first kappa shape index (κ1) is 11.4. The molecule has 0 saturated carbocycles. The van der Waals surface area contributed by atoms with Gasteiger partial charge < -0.3 is 9.47 Å². The molecule has 0 amide bonds. The van der Waals surface area contributed by atoms with Crippen LogP contribution in [0.4, 0.5) is 5.95 Å². The molecule has 84 valence electrons. The molecular weight excluding hydrogens is 198 g/mol. The van der Waals surface area contributed by atoms with Gasteiger partial charge in [-0.2, -0.15) is 9.97 Å². The molecule has 15 heavy (non-hydrogen) atoms. The minimum atomic E-state index is 0.171. The Hall–Kier alpha value is -1.63. The molecule has 0 saturated heterocycles. The van der Waals surface area contributed by atoms with Crippen LogP contribution in [0.1, 0.15) is 19.8 Å². The summed E-state index contributed by atoms with van der Waals surface area (Å²) >= 11 is 0. The van der Waals surface area contributed by atoms with Gasteiger partial charge in [0.25, 0.3) is 0 Å². The van der Waals surface area contributed by atoms with Crippen molar-refractivity contribution < 1.29 is 9.47 Å². The van der Waals surface area contributed by atoms with E-state index in [1.54, 1.807) is 0 Å². The fourth-order valence-corrected chi connectivity index (χ4v) is 0.866. The second-order valence-electron chi connectivity index (χ2n) is 2.77. The Kier molecular flexibility index (Phi) is 4.55. The summed E-state index contributed by atoms with van der Waals surface area (Å²) in [5.41, 5.74) is 2.31. The largest absolute Gasteiger partial charge is 0.467 e. The average molecular weight is 213 g/mol. The quantitative estimate of drug-likeness (QED) is 0.399. The Morgan fingerprint density at radius 3 is 2.60 bits per heavy atom. The molecule has 3 N–H and O–H groups in total. The van der Waals surface area contributed by atoms with Crippen molar-refractivity contribution in [2.45, 2.75) is 19.8 Å². The lowest BCUT2D eigenvalue weighted by atomic mass is 10.4. The topological polar surface area (TPSA) is 95.2 Å². The Labute approximate surface area is 88.0 Å². The third-order valence-corrected chi connectivity index (χ3v) is 1.64. The van der Waals surface area contributed by atoms with Crippen LogP contribution < -0.4 is 20.7 Å². The predicted octanol–water partition coefficient (Wildman–Crippen LogP) is 0.345. The third-order valence-electron chi connectivity index (χ3n) is 1.64. The minimum Gasteiger partial charge on any atom is -0.467 e. The molecule has 1 aromatic rings. The van der Waals surface area contributed by atoms with Crippen LogP contribution in [0.3, 0.4) is 0 Å². The number of unbranched alkanes of at least 4 members (excludes halogenated alkanes) is 1. The number of methoxy groups -OCH3 is 1. The number of hydrazine groups is 1. The van der Waals surface area contributed by atoms with Crippen molar-refractivity contribution in [2.24, 2.45) is 5.84 Å². The number of nitrogens with two attached hydrogens (primary N) is 1. The summed E-state index contributed by atoms with van der Waals surface area (Å²) in [5.74, 6) is 5.40. The van der Waals surface area contributed by atoms with Gasteiger partial charge in [0.15, 0.2) is 0 Å². The smallest absolute Gasteiger partial charge is 0.324 e. The number of hydrogen-bond donors (Lipinski definition) is 2. The molecule has 1 heterocycles. The number of anilines is 1. The van der Waals surface area contributed by atoms with Crippen LogP contribution in [0, 0.1) is 0 Å². The standard InChI is InChI=1S/C8H15N5O2/c1-3-4-5-15-8-11-6(13-9)10-7(12-8)14-2/h3-5,9H2,1-2H3,(H,10,11,12,13). The van der Waals surface area contributed by atoms with Crippen molar-refractivity contribution in [3.8, 4) is 12.0 Å². The SMILES string of the molecule is CCCCOc1nc(NN)nc(OC)n1. The van der Waals surface area contributed by atoms with E-state index in [1.165, 1.54) is 7.11 Å². The molecule has 0 spiro atoms. The normalized spacial score (nSPS) is 9.80. The number of nitrogens with one attached hydrogen (secondary N) is 1. The monoisotopic (exact) mass is 213 g/mol. The molecule has 0 aliphatic carbocycles. The van der Waals surface area contributed by atoms with Crippen LogP contribution in [0.2, 0.25) is 0 Å². The Morgan fingerprint density at radius 1 is 1.27 bits per heavy atom. The lowest BCUT2D eigenvalue weighted by Gasteiger charge is -2.06. The van der Waals surface area contributed by atoms with Crippen LogP contribution in [-0.4, -0.2) is 28.7 Å². The highest BCUT2D eigenvalue weighted by Gasteiger charge is 2.06. The summed E-state index contributed by atoms with van der Waals surface area (Å²) in [6, 6.07) is 0.382. The number of hydrogen-bond acceptors (Lipinski definition) is 7. The third kappa shape index (κ3) is 3.55. The van der Waals surface area contributed by atoms with Crippen molar-refractivity contribution in [3.63, 3.8) is 0 Å². The Morgan fingerprint density at radius 2 is 2.00 bits per heavy atom. The van der Waals surface area contributed by atoms with Gasteiger partial charge in [-0.25, -0.2) is 5.84 Å².